The number of nitrogens with one attached hydrogen (secondary N) is 2. The van der Waals surface area contributed by atoms with Crippen LogP contribution in [0.5, 0.6) is 0 Å². The molecule has 2 heterocycles. The fourth-order valence-corrected chi connectivity index (χ4v) is 1.51. The molecule has 0 spiro atoms. The van der Waals surface area contributed by atoms with Crippen LogP contribution < -0.4 is 10.6 Å². The van der Waals surface area contributed by atoms with Gasteiger partial charge in [0, 0.05) is 19.3 Å². The Morgan fingerprint density at radius 2 is 2.47 bits per heavy atom. The first kappa shape index (κ1) is 12.2. The summed E-state index contributed by atoms with van der Waals surface area (Å²) in [5, 5.41) is 5.88. The fourth-order valence-electron chi connectivity index (χ4n) is 1.38. The molecular weight excluding hydrogens is 244 g/mol. The van der Waals surface area contributed by atoms with E-state index in [0.29, 0.717) is 0 Å². The summed E-state index contributed by atoms with van der Waals surface area (Å²) < 4.78 is 5.47. The van der Waals surface area contributed by atoms with E-state index in [0.717, 1.165) is 13.1 Å². The van der Waals surface area contributed by atoms with Gasteiger partial charge < -0.3 is 10.1 Å². The Morgan fingerprint density at radius 1 is 1.71 bits per heavy atom. The summed E-state index contributed by atoms with van der Waals surface area (Å²) in [6.07, 6.45) is 1.48. The van der Waals surface area contributed by atoms with E-state index in [9.17, 15) is 4.79 Å². The Labute approximate surface area is 104 Å². The molecule has 1 aliphatic heterocycles. The molecule has 0 aromatic carbocycles. The Kier molecular flexibility index (Phi) is 3.56. The fraction of sp³-hybridized carbons (Fsp3) is 0.500. The summed E-state index contributed by atoms with van der Waals surface area (Å²) in [7, 11) is 0. The van der Waals surface area contributed by atoms with Crippen molar-refractivity contribution in [3.8, 4) is 0 Å². The van der Waals surface area contributed by atoms with Crippen LogP contribution in [0, 0.1) is 0 Å². The van der Waals surface area contributed by atoms with Gasteiger partial charge in [0.1, 0.15) is 11.8 Å². The van der Waals surface area contributed by atoms with Crippen molar-refractivity contribution in [3.63, 3.8) is 0 Å². The van der Waals surface area contributed by atoms with Crippen LogP contribution >= 0.6 is 11.6 Å². The van der Waals surface area contributed by atoms with Gasteiger partial charge in [-0.25, -0.2) is 9.97 Å². The summed E-state index contributed by atoms with van der Waals surface area (Å²) >= 11 is 5.67. The number of hydrogen-bond donors (Lipinski definition) is 2. The highest BCUT2D eigenvalue weighted by molar-refractivity contribution is 6.29. The average molecular weight is 257 g/mol. The van der Waals surface area contributed by atoms with E-state index in [4.69, 9.17) is 16.3 Å². The minimum absolute atomic E-state index is 0.0198. The second-order valence-electron chi connectivity index (χ2n) is 4.09. The zero-order valence-corrected chi connectivity index (χ0v) is 10.1. The highest BCUT2D eigenvalue weighted by Crippen LogP contribution is 2.14. The number of ether oxygens (including phenoxy) is 1. The van der Waals surface area contributed by atoms with Gasteiger partial charge in [-0.05, 0) is 13.0 Å². The Morgan fingerprint density at radius 3 is 3.06 bits per heavy atom. The number of rotatable bonds is 4. The molecule has 0 radical (unpaired) electrons. The van der Waals surface area contributed by atoms with Gasteiger partial charge in [0.15, 0.2) is 0 Å². The predicted molar refractivity (Wildman–Crippen MR) is 62.9 cm³/mol. The van der Waals surface area contributed by atoms with E-state index in [1.165, 1.54) is 12.3 Å². The van der Waals surface area contributed by atoms with Gasteiger partial charge in [-0.2, -0.15) is 0 Å². The van der Waals surface area contributed by atoms with Crippen molar-refractivity contribution in [1.82, 2.24) is 15.3 Å². The summed E-state index contributed by atoms with van der Waals surface area (Å²) in [5.41, 5.74) is -0.244. The standard InChI is InChI=1S/C10H13ClN4O2/c1-10(5-12-6-10)17-4-8(16)15-9-13-3-2-7(11)14-9/h2-3,12H,4-6H2,1H3,(H,13,14,15,16). The Balaban J connectivity index is 1.81. The third kappa shape index (κ3) is 3.36. The molecule has 2 N–H and O–H groups in total. The van der Waals surface area contributed by atoms with Gasteiger partial charge >= 0.3 is 0 Å². The van der Waals surface area contributed by atoms with Crippen molar-refractivity contribution in [1.29, 1.82) is 0 Å². The molecule has 1 fully saturated rings. The van der Waals surface area contributed by atoms with E-state index in [1.807, 2.05) is 6.92 Å². The molecule has 17 heavy (non-hydrogen) atoms. The second kappa shape index (κ2) is 4.95. The van der Waals surface area contributed by atoms with Crippen molar-refractivity contribution in [2.75, 3.05) is 25.0 Å². The number of aromatic nitrogens is 2. The molecule has 0 bridgehead atoms. The largest absolute Gasteiger partial charge is 0.363 e. The van der Waals surface area contributed by atoms with Crippen molar-refractivity contribution < 1.29 is 9.53 Å². The number of amides is 1. The molecule has 6 nitrogen and oxygen atoms in total. The Bertz CT molecular complexity index is 423. The van der Waals surface area contributed by atoms with Crippen LogP contribution in [-0.4, -0.2) is 41.2 Å². The topological polar surface area (TPSA) is 76.1 Å². The van der Waals surface area contributed by atoms with Crippen molar-refractivity contribution in [3.05, 3.63) is 17.4 Å². The first-order chi connectivity index (χ1) is 8.07. The number of anilines is 1. The zero-order chi connectivity index (χ0) is 12.3. The molecule has 92 valence electrons. The van der Waals surface area contributed by atoms with Crippen molar-refractivity contribution in [2.45, 2.75) is 12.5 Å². The van der Waals surface area contributed by atoms with Crippen LogP contribution in [0.25, 0.3) is 0 Å². The number of carbonyl (C=O) groups is 1. The second-order valence-corrected chi connectivity index (χ2v) is 4.48. The Hall–Kier alpha value is -1.24. The summed E-state index contributed by atoms with van der Waals surface area (Å²) in [5.74, 6) is -0.108. The molecule has 1 saturated heterocycles. The van der Waals surface area contributed by atoms with Gasteiger partial charge in [-0.15, -0.1) is 0 Å². The minimum atomic E-state index is -0.291. The minimum Gasteiger partial charge on any atom is -0.363 e. The number of halogens is 1. The molecule has 1 amide bonds. The molecule has 1 aromatic heterocycles. The van der Waals surface area contributed by atoms with Gasteiger partial charge in [0.2, 0.25) is 5.95 Å². The lowest BCUT2D eigenvalue weighted by atomic mass is 10.0. The summed E-state index contributed by atoms with van der Waals surface area (Å²) in [6, 6.07) is 1.54. The molecule has 7 heteroatoms. The van der Waals surface area contributed by atoms with Crippen LogP contribution in [0.1, 0.15) is 6.92 Å². The van der Waals surface area contributed by atoms with Gasteiger partial charge in [0.05, 0.1) is 5.60 Å². The third-order valence-electron chi connectivity index (χ3n) is 2.42. The molecule has 0 atom stereocenters. The van der Waals surface area contributed by atoms with Crippen molar-refractivity contribution >= 4 is 23.5 Å². The van der Waals surface area contributed by atoms with E-state index in [-0.39, 0.29) is 29.2 Å². The highest BCUT2D eigenvalue weighted by atomic mass is 35.5. The van der Waals surface area contributed by atoms with Gasteiger partial charge in [-0.1, -0.05) is 11.6 Å². The first-order valence-corrected chi connectivity index (χ1v) is 5.58. The first-order valence-electron chi connectivity index (χ1n) is 5.20. The van der Waals surface area contributed by atoms with Crippen LogP contribution in [0.3, 0.4) is 0 Å². The SMILES string of the molecule is CC1(OCC(=O)Nc2nccc(Cl)n2)CNC1. The quantitative estimate of drug-likeness (QED) is 0.765. The van der Waals surface area contributed by atoms with Crippen LogP contribution in [0.15, 0.2) is 12.3 Å². The predicted octanol–water partition coefficient (Wildman–Crippen LogP) is 0.447. The lowest BCUT2D eigenvalue weighted by molar-refractivity contribution is -0.130. The molecule has 1 aromatic rings. The monoisotopic (exact) mass is 256 g/mol. The molecule has 0 unspecified atom stereocenters. The molecule has 0 saturated carbocycles. The van der Waals surface area contributed by atoms with Crippen LogP contribution in [0.4, 0.5) is 5.95 Å². The van der Waals surface area contributed by atoms with Crippen LogP contribution in [-0.2, 0) is 9.53 Å². The average Bonchev–Trinajstić information content (AvgIpc) is 2.24. The van der Waals surface area contributed by atoms with Crippen molar-refractivity contribution in [2.24, 2.45) is 0 Å². The molecule has 1 aliphatic rings. The number of carbonyl (C=O) groups excluding carboxylic acids is 1. The molecular formula is C10H13ClN4O2. The maximum absolute atomic E-state index is 11.5. The molecule has 0 aliphatic carbocycles. The van der Waals surface area contributed by atoms with Gasteiger partial charge in [-0.3, -0.25) is 10.1 Å². The highest BCUT2D eigenvalue weighted by Gasteiger charge is 2.33. The number of nitrogens with zero attached hydrogens (tertiary/aromatic N) is 2. The summed E-state index contributed by atoms with van der Waals surface area (Å²) in [4.78, 5) is 19.2. The maximum Gasteiger partial charge on any atom is 0.252 e. The van der Waals surface area contributed by atoms with E-state index >= 15 is 0 Å². The smallest absolute Gasteiger partial charge is 0.252 e. The lowest BCUT2D eigenvalue weighted by Crippen LogP contribution is -2.59. The van der Waals surface area contributed by atoms with Gasteiger partial charge in [0.25, 0.3) is 5.91 Å². The third-order valence-corrected chi connectivity index (χ3v) is 2.63. The number of hydrogen-bond acceptors (Lipinski definition) is 5. The van der Waals surface area contributed by atoms with E-state index in [2.05, 4.69) is 20.6 Å². The zero-order valence-electron chi connectivity index (χ0n) is 9.36. The van der Waals surface area contributed by atoms with E-state index in [1.54, 1.807) is 0 Å². The summed E-state index contributed by atoms with van der Waals surface area (Å²) in [6.45, 7) is 3.45. The lowest BCUT2D eigenvalue weighted by Gasteiger charge is -2.38. The van der Waals surface area contributed by atoms with Crippen LogP contribution in [0.2, 0.25) is 5.15 Å². The molecule has 2 rings (SSSR count). The maximum atomic E-state index is 11.5. The normalized spacial score (nSPS) is 17.3. The van der Waals surface area contributed by atoms with E-state index < -0.39 is 0 Å².